The lowest BCUT2D eigenvalue weighted by Crippen LogP contribution is -2.31. The molecule has 5 rings (SSSR count). The first-order valence-corrected chi connectivity index (χ1v) is 15.5. The highest BCUT2D eigenvalue weighted by molar-refractivity contribution is 7.90. The molecule has 3 aromatic carbocycles. The van der Waals surface area contributed by atoms with Crippen LogP contribution >= 0.6 is 0 Å². The van der Waals surface area contributed by atoms with Crippen LogP contribution in [0.2, 0.25) is 0 Å². The predicted octanol–water partition coefficient (Wildman–Crippen LogP) is 6.09. The summed E-state index contributed by atoms with van der Waals surface area (Å²) in [7, 11) is -0.580. The first kappa shape index (κ1) is 29.2. The summed E-state index contributed by atoms with van der Waals surface area (Å²) >= 11 is 0. The fraction of sp³-hybridized carbons (Fsp3) is 0.312. The van der Waals surface area contributed by atoms with Gasteiger partial charge >= 0.3 is 6.09 Å². The number of carbonyl (C=O) groups is 2. The van der Waals surface area contributed by atoms with Crippen molar-refractivity contribution < 1.29 is 27.5 Å². The number of hydrogen-bond acceptors (Lipinski definition) is 6. The van der Waals surface area contributed by atoms with Gasteiger partial charge in [0.25, 0.3) is 15.9 Å². The normalized spacial score (nSPS) is 14.0. The van der Waals surface area contributed by atoms with Crippen molar-refractivity contribution in [1.82, 2.24) is 9.29 Å². The quantitative estimate of drug-likeness (QED) is 0.257. The Balaban J connectivity index is 1.34. The molecule has 0 saturated heterocycles. The van der Waals surface area contributed by atoms with Crippen LogP contribution in [-0.2, 0) is 28.2 Å². The largest absolute Gasteiger partial charge is 0.496 e. The van der Waals surface area contributed by atoms with Gasteiger partial charge in [-0.15, -0.1) is 0 Å². The van der Waals surface area contributed by atoms with Crippen molar-refractivity contribution in [3.8, 4) is 5.75 Å². The van der Waals surface area contributed by atoms with E-state index >= 15 is 0 Å². The molecule has 1 heterocycles. The van der Waals surface area contributed by atoms with Crippen LogP contribution < -0.4 is 14.8 Å². The number of carbonyl (C=O) groups excluding carboxylic acids is 2. The molecular formula is C32H35N3O6S. The maximum Gasteiger partial charge on any atom is 0.411 e. The van der Waals surface area contributed by atoms with Gasteiger partial charge in [-0.2, -0.15) is 0 Å². The molecule has 2 amide bonds. The number of hydrogen-bond donors (Lipinski definition) is 2. The number of fused-ring (bicyclic) bond motifs is 1. The number of sulfonamides is 1. The molecule has 2 N–H and O–H groups in total. The summed E-state index contributed by atoms with van der Waals surface area (Å²) in [6.07, 6.45) is 7.18. The minimum Gasteiger partial charge on any atom is -0.496 e. The van der Waals surface area contributed by atoms with E-state index in [-0.39, 0.29) is 16.6 Å². The van der Waals surface area contributed by atoms with Crippen LogP contribution in [0.4, 0.5) is 10.5 Å². The summed E-state index contributed by atoms with van der Waals surface area (Å²) in [5, 5.41) is 3.83. The van der Waals surface area contributed by atoms with Crippen molar-refractivity contribution in [1.29, 1.82) is 0 Å². The zero-order valence-electron chi connectivity index (χ0n) is 24.0. The van der Waals surface area contributed by atoms with E-state index in [2.05, 4.69) is 10.0 Å². The average molecular weight is 590 g/mol. The Bertz CT molecular complexity index is 1740. The average Bonchev–Trinajstić information content (AvgIpc) is 3.27. The molecule has 9 nitrogen and oxygen atoms in total. The van der Waals surface area contributed by atoms with Gasteiger partial charge in [0, 0.05) is 41.8 Å². The summed E-state index contributed by atoms with van der Waals surface area (Å²) in [6.45, 7) is 1.67. The molecule has 0 aliphatic heterocycles. The van der Waals surface area contributed by atoms with Gasteiger partial charge in [-0.1, -0.05) is 30.7 Å². The molecule has 1 fully saturated rings. The van der Waals surface area contributed by atoms with E-state index in [1.54, 1.807) is 37.3 Å². The first-order valence-electron chi connectivity index (χ1n) is 14.0. The van der Waals surface area contributed by atoms with Gasteiger partial charge in [0.05, 0.1) is 12.0 Å². The number of ether oxygens (including phenoxy) is 2. The summed E-state index contributed by atoms with van der Waals surface area (Å²) in [6, 6.07) is 17.1. The number of rotatable bonds is 8. The summed E-state index contributed by atoms with van der Waals surface area (Å²) in [4.78, 5) is 25.5. The van der Waals surface area contributed by atoms with Gasteiger partial charge in [0.2, 0.25) is 0 Å². The standard InChI is InChI=1S/C32H35N3O6S/c1-21-9-7-8-12-30(21)42(38,39)34-31(36)23-14-13-22(29(18-23)40-3)17-24-20-35(2)28-16-15-25(19-27(24)28)33-32(37)41-26-10-5-4-6-11-26/h7-9,12-16,18-20,26H,4-6,10-11,17H2,1-3H3,(H,33,37)(H,34,36). The van der Waals surface area contributed by atoms with Gasteiger partial charge in [-0.3, -0.25) is 10.1 Å². The lowest BCUT2D eigenvalue weighted by atomic mass is 9.98. The van der Waals surface area contributed by atoms with Gasteiger partial charge in [-0.25, -0.2) is 17.9 Å². The Kier molecular flexibility index (Phi) is 8.54. The van der Waals surface area contributed by atoms with Crippen molar-refractivity contribution >= 4 is 38.6 Å². The van der Waals surface area contributed by atoms with Gasteiger partial charge in [0.15, 0.2) is 0 Å². The Hall–Kier alpha value is -4.31. The molecule has 0 radical (unpaired) electrons. The maximum absolute atomic E-state index is 12.9. The first-order chi connectivity index (χ1) is 20.1. The van der Waals surface area contributed by atoms with Crippen LogP contribution in [0.25, 0.3) is 10.9 Å². The second-order valence-electron chi connectivity index (χ2n) is 10.7. The zero-order valence-corrected chi connectivity index (χ0v) is 24.8. The van der Waals surface area contributed by atoms with Crippen LogP contribution in [0.5, 0.6) is 5.75 Å². The smallest absolute Gasteiger partial charge is 0.411 e. The molecule has 0 atom stereocenters. The van der Waals surface area contributed by atoms with Gasteiger partial charge in [0.1, 0.15) is 11.9 Å². The second kappa shape index (κ2) is 12.3. The SMILES string of the molecule is COc1cc(C(=O)NS(=O)(=O)c2ccccc2C)ccc1Cc1cn(C)c2ccc(NC(=O)OC3CCCCC3)cc12. The molecular weight excluding hydrogens is 554 g/mol. The van der Waals surface area contributed by atoms with Crippen LogP contribution in [0.1, 0.15) is 59.2 Å². The molecule has 0 bridgehead atoms. The fourth-order valence-electron chi connectivity index (χ4n) is 5.50. The minimum absolute atomic E-state index is 0.0325. The van der Waals surface area contributed by atoms with Gasteiger partial charge < -0.3 is 14.0 Å². The van der Waals surface area contributed by atoms with Crippen LogP contribution in [-0.4, -0.2) is 38.2 Å². The highest BCUT2D eigenvalue weighted by Gasteiger charge is 2.22. The number of amides is 2. The third-order valence-electron chi connectivity index (χ3n) is 7.68. The number of anilines is 1. The number of aromatic nitrogens is 1. The highest BCUT2D eigenvalue weighted by atomic mass is 32.2. The van der Waals surface area contributed by atoms with E-state index in [9.17, 15) is 18.0 Å². The summed E-state index contributed by atoms with van der Waals surface area (Å²) < 4.78 is 41.0. The van der Waals surface area contributed by atoms with Crippen LogP contribution in [0, 0.1) is 6.92 Å². The van der Waals surface area contributed by atoms with Crippen molar-refractivity contribution in [2.24, 2.45) is 7.05 Å². The van der Waals surface area contributed by atoms with Gasteiger partial charge in [-0.05, 0) is 85.7 Å². The minimum atomic E-state index is -4.04. The fourth-order valence-corrected chi connectivity index (χ4v) is 6.73. The molecule has 1 aliphatic rings. The number of benzene rings is 3. The molecule has 0 unspecified atom stereocenters. The van der Waals surface area contributed by atoms with Crippen LogP contribution in [0.15, 0.2) is 71.8 Å². The van der Waals surface area contributed by atoms with E-state index in [1.807, 2.05) is 36.0 Å². The number of nitrogens with zero attached hydrogens (tertiary/aromatic N) is 1. The van der Waals surface area contributed by atoms with E-state index in [0.717, 1.165) is 47.7 Å². The van der Waals surface area contributed by atoms with Crippen molar-refractivity contribution in [2.45, 2.75) is 56.4 Å². The lowest BCUT2D eigenvalue weighted by molar-refractivity contribution is 0.0864. The number of methoxy groups -OCH3 is 1. The predicted molar refractivity (Wildman–Crippen MR) is 162 cm³/mol. The number of aryl methyl sites for hydroxylation is 2. The van der Waals surface area contributed by atoms with Crippen LogP contribution in [0.3, 0.4) is 0 Å². The number of nitrogens with one attached hydrogen (secondary N) is 2. The molecule has 1 aromatic heterocycles. The highest BCUT2D eigenvalue weighted by Crippen LogP contribution is 2.30. The molecule has 1 aliphatic carbocycles. The monoisotopic (exact) mass is 589 g/mol. The maximum atomic E-state index is 12.9. The van der Waals surface area contributed by atoms with E-state index in [4.69, 9.17) is 9.47 Å². The third-order valence-corrected chi connectivity index (χ3v) is 9.18. The summed E-state index contributed by atoms with van der Waals surface area (Å²) in [5.74, 6) is -0.289. The molecule has 42 heavy (non-hydrogen) atoms. The topological polar surface area (TPSA) is 116 Å². The van der Waals surface area contributed by atoms with E-state index in [0.29, 0.717) is 23.4 Å². The second-order valence-corrected chi connectivity index (χ2v) is 12.3. The molecule has 0 spiro atoms. The lowest BCUT2D eigenvalue weighted by Gasteiger charge is -2.21. The Morgan fingerprint density at radius 3 is 2.48 bits per heavy atom. The third kappa shape index (κ3) is 6.44. The van der Waals surface area contributed by atoms with Crippen molar-refractivity contribution in [2.75, 3.05) is 12.4 Å². The van der Waals surface area contributed by atoms with Crippen molar-refractivity contribution in [3.63, 3.8) is 0 Å². The molecule has 4 aromatic rings. The zero-order chi connectivity index (χ0) is 29.9. The molecule has 10 heteroatoms. The van der Waals surface area contributed by atoms with E-state index < -0.39 is 22.0 Å². The van der Waals surface area contributed by atoms with Crippen molar-refractivity contribution in [3.05, 3.63) is 89.1 Å². The Morgan fingerprint density at radius 2 is 1.74 bits per heavy atom. The Morgan fingerprint density at radius 1 is 0.976 bits per heavy atom. The Labute approximate surface area is 245 Å². The molecule has 1 saturated carbocycles. The molecule has 220 valence electrons. The van der Waals surface area contributed by atoms with E-state index in [1.165, 1.54) is 25.7 Å². The summed E-state index contributed by atoms with van der Waals surface area (Å²) in [5.41, 5.74) is 4.15.